The maximum atomic E-state index is 11.7. The molecule has 0 spiro atoms. The number of anilines is 1. The SMILES string of the molecule is CN1C(=O)CCc2cc(CN[C@@H](CCC(C)(C)C)C(=O)O)ccc21. The van der Waals surface area contributed by atoms with Gasteiger partial charge in [-0.25, -0.2) is 0 Å². The summed E-state index contributed by atoms with van der Waals surface area (Å²) in [5.74, 6) is -0.663. The van der Waals surface area contributed by atoms with Crippen molar-refractivity contribution in [2.75, 3.05) is 11.9 Å². The zero-order chi connectivity index (χ0) is 17.9. The number of carbonyl (C=O) groups is 2. The smallest absolute Gasteiger partial charge is 0.320 e. The lowest BCUT2D eigenvalue weighted by Gasteiger charge is -2.26. The van der Waals surface area contributed by atoms with Gasteiger partial charge in [0.05, 0.1) is 0 Å². The standard InChI is InChI=1S/C19H28N2O3/c1-19(2,3)10-9-15(18(23)24)20-12-13-5-7-16-14(11-13)6-8-17(22)21(16)4/h5,7,11,15,20H,6,8-10,12H2,1-4H3,(H,23,24)/t15-/m0/s1. The summed E-state index contributed by atoms with van der Waals surface area (Å²) in [4.78, 5) is 24.9. The van der Waals surface area contributed by atoms with Gasteiger partial charge < -0.3 is 15.3 Å². The van der Waals surface area contributed by atoms with Crippen molar-refractivity contribution in [1.29, 1.82) is 0 Å². The Morgan fingerprint density at radius 3 is 2.67 bits per heavy atom. The molecule has 0 fully saturated rings. The van der Waals surface area contributed by atoms with E-state index in [0.29, 0.717) is 19.4 Å². The van der Waals surface area contributed by atoms with Crippen LogP contribution >= 0.6 is 0 Å². The van der Waals surface area contributed by atoms with Gasteiger partial charge in [-0.1, -0.05) is 32.9 Å². The van der Waals surface area contributed by atoms with E-state index in [-0.39, 0.29) is 11.3 Å². The number of nitrogens with zero attached hydrogens (tertiary/aromatic N) is 1. The molecule has 1 aliphatic rings. The van der Waals surface area contributed by atoms with Gasteiger partial charge in [-0.3, -0.25) is 9.59 Å². The first-order valence-corrected chi connectivity index (χ1v) is 8.52. The molecule has 0 bridgehead atoms. The number of fused-ring (bicyclic) bond motifs is 1. The summed E-state index contributed by atoms with van der Waals surface area (Å²) >= 11 is 0. The van der Waals surface area contributed by atoms with Crippen LogP contribution in [-0.2, 0) is 22.6 Å². The number of rotatable bonds is 6. The average molecular weight is 332 g/mol. The van der Waals surface area contributed by atoms with Crippen LogP contribution in [0.1, 0.15) is 51.2 Å². The topological polar surface area (TPSA) is 69.6 Å². The van der Waals surface area contributed by atoms with Crippen LogP contribution in [0.4, 0.5) is 5.69 Å². The number of aryl methyl sites for hydroxylation is 1. The highest BCUT2D eigenvalue weighted by molar-refractivity contribution is 5.95. The second-order valence-electron chi connectivity index (χ2n) is 7.79. The zero-order valence-corrected chi connectivity index (χ0v) is 15.1. The maximum Gasteiger partial charge on any atom is 0.320 e. The van der Waals surface area contributed by atoms with Gasteiger partial charge in [-0.15, -0.1) is 0 Å². The lowest BCUT2D eigenvalue weighted by molar-refractivity contribution is -0.139. The highest BCUT2D eigenvalue weighted by Gasteiger charge is 2.22. The molecule has 0 saturated heterocycles. The molecule has 0 aromatic heterocycles. The molecule has 2 N–H and O–H groups in total. The van der Waals surface area contributed by atoms with Crippen LogP contribution in [-0.4, -0.2) is 30.1 Å². The molecule has 0 radical (unpaired) electrons. The van der Waals surface area contributed by atoms with E-state index in [0.717, 1.165) is 29.7 Å². The van der Waals surface area contributed by atoms with Gasteiger partial charge in [0.25, 0.3) is 0 Å². The third-order valence-corrected chi connectivity index (χ3v) is 4.52. The van der Waals surface area contributed by atoms with E-state index >= 15 is 0 Å². The van der Waals surface area contributed by atoms with Crippen LogP contribution in [0.2, 0.25) is 0 Å². The fourth-order valence-corrected chi connectivity index (χ4v) is 2.95. The summed E-state index contributed by atoms with van der Waals surface area (Å²) in [5, 5.41) is 12.6. The number of carboxylic acids is 1. The summed E-state index contributed by atoms with van der Waals surface area (Å²) in [6, 6.07) is 5.45. The number of aliphatic carboxylic acids is 1. The molecule has 5 heteroatoms. The fourth-order valence-electron chi connectivity index (χ4n) is 2.95. The molecule has 1 aromatic rings. The van der Waals surface area contributed by atoms with E-state index in [1.54, 1.807) is 11.9 Å². The largest absolute Gasteiger partial charge is 0.480 e. The van der Waals surface area contributed by atoms with Crippen LogP contribution in [0.3, 0.4) is 0 Å². The molecule has 1 aromatic carbocycles. The van der Waals surface area contributed by atoms with Gasteiger partial charge in [0.1, 0.15) is 6.04 Å². The Kier molecular flexibility index (Phi) is 5.65. The van der Waals surface area contributed by atoms with Crippen LogP contribution < -0.4 is 10.2 Å². The van der Waals surface area contributed by atoms with E-state index in [4.69, 9.17) is 0 Å². The Morgan fingerprint density at radius 2 is 2.04 bits per heavy atom. The summed E-state index contributed by atoms with van der Waals surface area (Å²) < 4.78 is 0. The van der Waals surface area contributed by atoms with Crippen molar-refractivity contribution in [3.63, 3.8) is 0 Å². The summed E-state index contributed by atoms with van der Waals surface area (Å²) in [7, 11) is 1.80. The van der Waals surface area contributed by atoms with Gasteiger partial charge in [0.15, 0.2) is 0 Å². The molecule has 2 rings (SSSR count). The summed E-state index contributed by atoms with van der Waals surface area (Å²) in [5.41, 5.74) is 3.28. The van der Waals surface area contributed by atoms with E-state index in [2.05, 4.69) is 32.2 Å². The number of benzene rings is 1. The van der Waals surface area contributed by atoms with Crippen molar-refractivity contribution in [2.45, 2.75) is 59.0 Å². The van der Waals surface area contributed by atoms with Crippen molar-refractivity contribution in [3.8, 4) is 0 Å². The highest BCUT2D eigenvalue weighted by atomic mass is 16.4. The molecule has 1 heterocycles. The van der Waals surface area contributed by atoms with Gasteiger partial charge in [0, 0.05) is 25.7 Å². The van der Waals surface area contributed by atoms with Crippen LogP contribution in [0.25, 0.3) is 0 Å². The molecule has 132 valence electrons. The van der Waals surface area contributed by atoms with Gasteiger partial charge >= 0.3 is 5.97 Å². The lowest BCUT2D eigenvalue weighted by Crippen LogP contribution is -2.37. The third kappa shape index (κ3) is 4.81. The van der Waals surface area contributed by atoms with Crippen molar-refractivity contribution in [3.05, 3.63) is 29.3 Å². The normalized spacial score (nSPS) is 16.0. The predicted octanol–water partition coefficient (Wildman–Crippen LogP) is 2.96. The van der Waals surface area contributed by atoms with Crippen LogP contribution in [0, 0.1) is 5.41 Å². The Hall–Kier alpha value is -1.88. The molecular formula is C19H28N2O3. The van der Waals surface area contributed by atoms with Gasteiger partial charge in [0.2, 0.25) is 5.91 Å². The summed E-state index contributed by atoms with van der Waals surface area (Å²) in [6.45, 7) is 6.87. The molecule has 1 amide bonds. The molecule has 0 aliphatic carbocycles. The minimum Gasteiger partial charge on any atom is -0.480 e. The quantitative estimate of drug-likeness (QED) is 0.840. The Bertz CT molecular complexity index is 620. The molecule has 1 aliphatic heterocycles. The minimum atomic E-state index is -0.803. The number of carboxylic acid groups (broad SMARTS) is 1. The van der Waals surface area contributed by atoms with Crippen LogP contribution in [0.15, 0.2) is 18.2 Å². The molecule has 5 nitrogen and oxygen atoms in total. The van der Waals surface area contributed by atoms with Gasteiger partial charge in [-0.2, -0.15) is 0 Å². The first-order valence-electron chi connectivity index (χ1n) is 8.52. The number of carbonyl (C=O) groups excluding carboxylic acids is 1. The molecule has 1 atom stereocenters. The van der Waals surface area contributed by atoms with Crippen molar-refractivity contribution in [2.24, 2.45) is 5.41 Å². The Balaban J connectivity index is 2.00. The fraction of sp³-hybridized carbons (Fsp3) is 0.579. The number of amides is 1. The molecule has 0 unspecified atom stereocenters. The maximum absolute atomic E-state index is 11.7. The van der Waals surface area contributed by atoms with Gasteiger partial charge in [-0.05, 0) is 41.9 Å². The molecular weight excluding hydrogens is 304 g/mol. The minimum absolute atomic E-state index is 0.123. The predicted molar refractivity (Wildman–Crippen MR) is 95.1 cm³/mol. The number of hydrogen-bond acceptors (Lipinski definition) is 3. The van der Waals surface area contributed by atoms with Crippen molar-refractivity contribution < 1.29 is 14.7 Å². The van der Waals surface area contributed by atoms with Crippen molar-refractivity contribution >= 4 is 17.6 Å². The molecule has 0 saturated carbocycles. The Labute approximate surface area is 144 Å². The van der Waals surface area contributed by atoms with Crippen molar-refractivity contribution in [1.82, 2.24) is 5.32 Å². The van der Waals surface area contributed by atoms with Crippen LogP contribution in [0.5, 0.6) is 0 Å². The first-order chi connectivity index (χ1) is 11.2. The first kappa shape index (κ1) is 18.5. The highest BCUT2D eigenvalue weighted by Crippen LogP contribution is 2.27. The number of nitrogens with one attached hydrogen (secondary N) is 1. The second kappa shape index (κ2) is 7.34. The van der Waals surface area contributed by atoms with E-state index in [9.17, 15) is 14.7 Å². The van der Waals surface area contributed by atoms with E-state index in [1.165, 1.54) is 0 Å². The van der Waals surface area contributed by atoms with E-state index in [1.807, 2.05) is 12.1 Å². The molecule has 24 heavy (non-hydrogen) atoms. The second-order valence-corrected chi connectivity index (χ2v) is 7.79. The third-order valence-electron chi connectivity index (χ3n) is 4.52. The van der Waals surface area contributed by atoms with E-state index < -0.39 is 12.0 Å². The Morgan fingerprint density at radius 1 is 1.33 bits per heavy atom. The summed E-state index contributed by atoms with van der Waals surface area (Å²) in [6.07, 6.45) is 2.75. The number of hydrogen-bond donors (Lipinski definition) is 2. The average Bonchev–Trinajstić information content (AvgIpc) is 2.49. The monoisotopic (exact) mass is 332 g/mol. The zero-order valence-electron chi connectivity index (χ0n) is 15.1. The lowest BCUT2D eigenvalue weighted by atomic mass is 9.88.